The number of nitrogens with zero attached hydrogens (tertiary/aromatic N) is 4. The van der Waals surface area contributed by atoms with Crippen LogP contribution in [0.1, 0.15) is 6.92 Å². The van der Waals surface area contributed by atoms with Crippen LogP contribution in [0.5, 0.6) is 0 Å². The summed E-state index contributed by atoms with van der Waals surface area (Å²) in [7, 11) is 0. The summed E-state index contributed by atoms with van der Waals surface area (Å²) in [6, 6.07) is 7.58. The molecule has 1 aliphatic heterocycles. The van der Waals surface area contributed by atoms with Gasteiger partial charge in [0.2, 0.25) is 0 Å². The van der Waals surface area contributed by atoms with E-state index in [2.05, 4.69) is 33.5 Å². The van der Waals surface area contributed by atoms with Crippen molar-refractivity contribution in [1.29, 1.82) is 0 Å². The van der Waals surface area contributed by atoms with Gasteiger partial charge in [0.15, 0.2) is 0 Å². The summed E-state index contributed by atoms with van der Waals surface area (Å²) < 4.78 is 1.41. The average Bonchev–Trinajstić information content (AvgIpc) is 2.82. The number of fused-ring (bicyclic) bond motifs is 1. The molecule has 19 heavy (non-hydrogen) atoms. The zero-order chi connectivity index (χ0) is 13.2. The highest BCUT2D eigenvalue weighted by molar-refractivity contribution is 5.81. The first kappa shape index (κ1) is 11.9. The molecule has 6 nitrogen and oxygen atoms in total. The molecule has 97 valence electrons. The standard InChI is InChI=1S/C13H14N5O/c1-10-9-14-4-5-17(10)11-2-3-13-12(8-11)15-16-18(13)6-7-19/h2-3,6,10,14H,4-5,9H2,1H3. The molecule has 1 aromatic carbocycles. The molecule has 6 heteroatoms. The first-order valence-corrected chi connectivity index (χ1v) is 6.25. The number of hydrogen-bond donors (Lipinski definition) is 1. The minimum atomic E-state index is 0.423. The molecule has 1 N–H and O–H groups in total. The molecule has 1 atom stereocenters. The van der Waals surface area contributed by atoms with Gasteiger partial charge in [-0.15, -0.1) is 5.10 Å². The molecule has 0 saturated carbocycles. The minimum absolute atomic E-state index is 0.423. The second-order valence-corrected chi connectivity index (χ2v) is 4.60. The fourth-order valence-electron chi connectivity index (χ4n) is 2.38. The van der Waals surface area contributed by atoms with E-state index in [1.54, 1.807) is 5.94 Å². The highest BCUT2D eigenvalue weighted by atomic mass is 16.1. The number of nitrogens with one attached hydrogen (secondary N) is 1. The van der Waals surface area contributed by atoms with Crippen LogP contribution < -0.4 is 10.2 Å². The number of benzene rings is 1. The normalized spacial score (nSPS) is 19.4. The van der Waals surface area contributed by atoms with Gasteiger partial charge in [-0.2, -0.15) is 0 Å². The number of carbonyl (C=O) groups excluding carboxylic acids is 1. The molecular weight excluding hydrogens is 242 g/mol. The van der Waals surface area contributed by atoms with Crippen LogP contribution in [0.2, 0.25) is 0 Å². The number of rotatable bonds is 2. The summed E-state index contributed by atoms with van der Waals surface area (Å²) in [6.07, 6.45) is 1.22. The van der Waals surface area contributed by atoms with E-state index in [9.17, 15) is 4.79 Å². The zero-order valence-electron chi connectivity index (χ0n) is 10.6. The van der Waals surface area contributed by atoms with E-state index in [-0.39, 0.29) is 0 Å². The molecule has 1 saturated heterocycles. The van der Waals surface area contributed by atoms with E-state index in [1.807, 2.05) is 12.1 Å². The number of anilines is 1. The Bertz CT molecular complexity index is 644. The molecule has 1 aromatic heterocycles. The molecule has 1 radical (unpaired) electrons. The Morgan fingerprint density at radius 1 is 1.58 bits per heavy atom. The summed E-state index contributed by atoms with van der Waals surface area (Å²) in [6.45, 7) is 5.06. The van der Waals surface area contributed by atoms with E-state index < -0.39 is 0 Å². The van der Waals surface area contributed by atoms with Crippen molar-refractivity contribution in [3.8, 4) is 0 Å². The van der Waals surface area contributed by atoms with E-state index in [0.717, 1.165) is 30.8 Å². The molecular formula is C13H14N5O. The van der Waals surface area contributed by atoms with Crippen molar-refractivity contribution in [1.82, 2.24) is 20.3 Å². The Kier molecular flexibility index (Phi) is 3.03. The Labute approximate surface area is 110 Å². The zero-order valence-corrected chi connectivity index (χ0v) is 10.6. The van der Waals surface area contributed by atoms with Gasteiger partial charge in [-0.3, -0.25) is 0 Å². The smallest absolute Gasteiger partial charge is 0.144 e. The van der Waals surface area contributed by atoms with Crippen molar-refractivity contribution in [3.05, 3.63) is 18.2 Å². The van der Waals surface area contributed by atoms with Gasteiger partial charge in [-0.1, -0.05) is 5.21 Å². The third-order valence-corrected chi connectivity index (χ3v) is 3.36. The molecule has 0 spiro atoms. The Morgan fingerprint density at radius 3 is 3.26 bits per heavy atom. The number of aromatic nitrogens is 3. The summed E-state index contributed by atoms with van der Waals surface area (Å²) >= 11 is 0. The quantitative estimate of drug-likeness (QED) is 0.785. The second-order valence-electron chi connectivity index (χ2n) is 4.60. The van der Waals surface area contributed by atoms with E-state index in [1.165, 1.54) is 10.9 Å². The molecule has 1 aliphatic rings. The van der Waals surface area contributed by atoms with E-state index >= 15 is 0 Å². The SMILES string of the molecule is CC1CNCCN1c1[c]c2nnn(C=C=O)c2cc1. The fourth-order valence-corrected chi connectivity index (χ4v) is 2.38. The number of hydrogen-bond acceptors (Lipinski definition) is 5. The molecule has 3 rings (SSSR count). The average molecular weight is 256 g/mol. The maximum Gasteiger partial charge on any atom is 0.144 e. The van der Waals surface area contributed by atoms with Gasteiger partial charge in [-0.05, 0) is 19.1 Å². The van der Waals surface area contributed by atoms with Crippen molar-refractivity contribution < 1.29 is 4.79 Å². The molecule has 0 amide bonds. The van der Waals surface area contributed by atoms with Crippen molar-refractivity contribution in [2.45, 2.75) is 13.0 Å². The monoisotopic (exact) mass is 256 g/mol. The summed E-state index contributed by atoms with van der Waals surface area (Å²) in [5.74, 6) is 1.70. The minimum Gasteiger partial charge on any atom is -0.366 e. The lowest BCUT2D eigenvalue weighted by molar-refractivity contribution is 0.501. The predicted molar refractivity (Wildman–Crippen MR) is 72.5 cm³/mol. The lowest BCUT2D eigenvalue weighted by Gasteiger charge is -2.35. The third-order valence-electron chi connectivity index (χ3n) is 3.36. The molecule has 0 aliphatic carbocycles. The summed E-state index contributed by atoms with van der Waals surface area (Å²) in [5.41, 5.74) is 2.44. The maximum absolute atomic E-state index is 10.4. The highest BCUT2D eigenvalue weighted by Crippen LogP contribution is 2.22. The molecule has 1 fully saturated rings. The Hall–Kier alpha value is -2.17. The van der Waals surface area contributed by atoms with Crippen LogP contribution in [0.25, 0.3) is 17.2 Å². The van der Waals surface area contributed by atoms with Crippen LogP contribution in [0, 0.1) is 6.07 Å². The van der Waals surface area contributed by atoms with Crippen LogP contribution in [0.15, 0.2) is 12.1 Å². The van der Waals surface area contributed by atoms with Gasteiger partial charge in [0, 0.05) is 37.4 Å². The maximum atomic E-state index is 10.4. The summed E-state index contributed by atoms with van der Waals surface area (Å²) in [4.78, 5) is 12.7. The third kappa shape index (κ3) is 2.12. The first-order valence-electron chi connectivity index (χ1n) is 6.25. The fraction of sp³-hybridized carbons (Fsp3) is 0.385. The molecule has 2 heterocycles. The predicted octanol–water partition coefficient (Wildman–Crippen LogP) is 0.332. The largest absolute Gasteiger partial charge is 0.366 e. The lowest BCUT2D eigenvalue weighted by atomic mass is 10.1. The van der Waals surface area contributed by atoms with Crippen LogP contribution in [-0.2, 0) is 4.79 Å². The van der Waals surface area contributed by atoms with Gasteiger partial charge in [0.25, 0.3) is 0 Å². The van der Waals surface area contributed by atoms with Gasteiger partial charge in [0.05, 0.1) is 5.52 Å². The van der Waals surface area contributed by atoms with Crippen molar-refractivity contribution in [2.75, 3.05) is 24.5 Å². The van der Waals surface area contributed by atoms with Crippen LogP contribution in [-0.4, -0.2) is 46.6 Å². The highest BCUT2D eigenvalue weighted by Gasteiger charge is 2.19. The van der Waals surface area contributed by atoms with Crippen molar-refractivity contribution >= 4 is 28.9 Å². The lowest BCUT2D eigenvalue weighted by Crippen LogP contribution is -2.49. The van der Waals surface area contributed by atoms with Crippen LogP contribution in [0.4, 0.5) is 5.69 Å². The topological polar surface area (TPSA) is 63.0 Å². The molecule has 0 bridgehead atoms. The van der Waals surface area contributed by atoms with Crippen molar-refractivity contribution in [2.24, 2.45) is 0 Å². The summed E-state index contributed by atoms with van der Waals surface area (Å²) in [5, 5.41) is 11.3. The number of piperazine rings is 1. The van der Waals surface area contributed by atoms with Gasteiger partial charge in [0.1, 0.15) is 17.7 Å². The Balaban J connectivity index is 2.00. The van der Waals surface area contributed by atoms with Crippen LogP contribution in [0.3, 0.4) is 0 Å². The van der Waals surface area contributed by atoms with Crippen molar-refractivity contribution in [3.63, 3.8) is 0 Å². The van der Waals surface area contributed by atoms with E-state index in [0.29, 0.717) is 11.6 Å². The van der Waals surface area contributed by atoms with Gasteiger partial charge in [-0.25, -0.2) is 9.48 Å². The van der Waals surface area contributed by atoms with E-state index in [4.69, 9.17) is 0 Å². The first-order chi connectivity index (χ1) is 9.29. The van der Waals surface area contributed by atoms with Gasteiger partial charge >= 0.3 is 0 Å². The molecule has 2 aromatic rings. The second kappa shape index (κ2) is 4.84. The molecule has 1 unspecified atom stereocenters. The Morgan fingerprint density at radius 2 is 2.47 bits per heavy atom. The van der Waals surface area contributed by atoms with Crippen LogP contribution >= 0.6 is 0 Å². The van der Waals surface area contributed by atoms with Gasteiger partial charge < -0.3 is 10.2 Å².